The summed E-state index contributed by atoms with van der Waals surface area (Å²) in [6.45, 7) is 2.23. The fourth-order valence-electron chi connectivity index (χ4n) is 0.600. The molecule has 0 aromatic carbocycles. The van der Waals surface area contributed by atoms with Gasteiger partial charge in [-0.25, -0.2) is 0 Å². The van der Waals surface area contributed by atoms with Crippen molar-refractivity contribution < 1.29 is 19.2 Å². The van der Waals surface area contributed by atoms with Crippen molar-refractivity contribution in [2.24, 2.45) is 0 Å². The van der Waals surface area contributed by atoms with E-state index in [0.717, 1.165) is 22.1 Å². The predicted octanol–water partition coefficient (Wildman–Crippen LogP) is 0.635. The highest BCUT2D eigenvalue weighted by molar-refractivity contribution is 5.86. The normalized spacial score (nSPS) is 9.88. The number of aliphatic hydroxyl groups excluding tert-OH is 2. The Morgan fingerprint density at radius 1 is 0.588 bits per heavy atom. The van der Waals surface area contributed by atoms with E-state index in [0.29, 0.717) is 0 Å². The third kappa shape index (κ3) is 47.7. The van der Waals surface area contributed by atoms with Crippen molar-refractivity contribution in [2.45, 2.75) is 0 Å². The van der Waals surface area contributed by atoms with Gasteiger partial charge in [-0.15, -0.1) is 37.2 Å². The van der Waals surface area contributed by atoms with Gasteiger partial charge in [0.15, 0.2) is 0 Å². The van der Waals surface area contributed by atoms with Crippen molar-refractivity contribution in [3.63, 3.8) is 0 Å². The molecule has 0 radical (unpaired) electrons. The number of nitrogens with zero attached hydrogens (tertiary/aromatic N) is 2. The fraction of sp³-hybridized carbons (Fsp3) is 1.00. The molecule has 0 aromatic heterocycles. The van der Waals surface area contributed by atoms with E-state index in [1.807, 2.05) is 0 Å². The zero-order valence-electron chi connectivity index (χ0n) is 11.8. The van der Waals surface area contributed by atoms with Gasteiger partial charge in [0.2, 0.25) is 0 Å². The Morgan fingerprint density at radius 3 is 0.765 bits per heavy atom. The van der Waals surface area contributed by atoms with E-state index in [1.54, 1.807) is 0 Å². The summed E-state index contributed by atoms with van der Waals surface area (Å²) in [5.41, 5.74) is 0. The van der Waals surface area contributed by atoms with Gasteiger partial charge in [0.25, 0.3) is 0 Å². The first-order valence-corrected chi connectivity index (χ1v) is 4.95. The number of halogens is 3. The SMILES string of the molecule is C[N+](C)(C)CCO.C[N+](C)(C)CCO.Cl.Cl.Cl. The second-order valence-corrected chi connectivity index (χ2v) is 5.48. The van der Waals surface area contributed by atoms with Gasteiger partial charge < -0.3 is 19.2 Å². The smallest absolute Gasteiger partial charge is 0.101 e. The highest BCUT2D eigenvalue weighted by Crippen LogP contribution is 1.85. The molecule has 0 aliphatic heterocycles. The van der Waals surface area contributed by atoms with Crippen molar-refractivity contribution in [1.82, 2.24) is 0 Å². The second-order valence-electron chi connectivity index (χ2n) is 5.48. The molecule has 4 nitrogen and oxygen atoms in total. The van der Waals surface area contributed by atoms with Crippen LogP contribution in [0.4, 0.5) is 0 Å². The van der Waals surface area contributed by atoms with Gasteiger partial charge in [0.1, 0.15) is 13.1 Å². The van der Waals surface area contributed by atoms with Crippen LogP contribution in [0.1, 0.15) is 0 Å². The van der Waals surface area contributed by atoms with E-state index in [2.05, 4.69) is 42.3 Å². The highest BCUT2D eigenvalue weighted by atomic mass is 35.5. The van der Waals surface area contributed by atoms with Crippen molar-refractivity contribution >= 4 is 37.2 Å². The molecule has 0 saturated heterocycles. The lowest BCUT2D eigenvalue weighted by atomic mass is 10.5. The van der Waals surface area contributed by atoms with Crippen molar-refractivity contribution in [1.29, 1.82) is 0 Å². The molecule has 2 N–H and O–H groups in total. The summed E-state index contributed by atoms with van der Waals surface area (Å²) in [7, 11) is 12.3. The van der Waals surface area contributed by atoms with E-state index >= 15 is 0 Å². The number of likely N-dealkylation sites (N-methyl/N-ethyl adjacent to an activating group) is 2. The summed E-state index contributed by atoms with van der Waals surface area (Å²) in [5.74, 6) is 0. The van der Waals surface area contributed by atoms with Crippen molar-refractivity contribution in [2.75, 3.05) is 68.6 Å². The largest absolute Gasteiger partial charge is 0.391 e. The number of aliphatic hydroxyl groups is 2. The van der Waals surface area contributed by atoms with Gasteiger partial charge >= 0.3 is 0 Å². The van der Waals surface area contributed by atoms with Crippen molar-refractivity contribution in [3.8, 4) is 0 Å². The molecule has 0 aliphatic rings. The predicted molar refractivity (Wildman–Crippen MR) is 81.7 cm³/mol. The van der Waals surface area contributed by atoms with Crippen LogP contribution in [-0.2, 0) is 0 Å². The summed E-state index contributed by atoms with van der Waals surface area (Å²) < 4.78 is 1.69. The molecule has 0 aliphatic carbocycles. The number of rotatable bonds is 4. The van der Waals surface area contributed by atoms with Gasteiger partial charge in [0.05, 0.1) is 55.5 Å². The van der Waals surface area contributed by atoms with Gasteiger partial charge in [-0.1, -0.05) is 0 Å². The maximum Gasteiger partial charge on any atom is 0.101 e. The molecular formula is C10H31Cl3N2O2+2. The molecule has 0 atom stereocenters. The first-order valence-electron chi connectivity index (χ1n) is 4.95. The van der Waals surface area contributed by atoms with Gasteiger partial charge in [-0.05, 0) is 0 Å². The molecule has 0 amide bonds. The molecule has 0 aromatic rings. The lowest BCUT2D eigenvalue weighted by Gasteiger charge is -2.21. The van der Waals surface area contributed by atoms with Crippen LogP contribution in [0.2, 0.25) is 0 Å². The zero-order valence-corrected chi connectivity index (χ0v) is 14.3. The Balaban J connectivity index is -0.0000000480. The van der Waals surface area contributed by atoms with Gasteiger partial charge in [0, 0.05) is 0 Å². The van der Waals surface area contributed by atoms with Crippen LogP contribution in [0.25, 0.3) is 0 Å². The molecular weight excluding hydrogens is 286 g/mol. The van der Waals surface area contributed by atoms with Gasteiger partial charge in [-0.2, -0.15) is 0 Å². The van der Waals surface area contributed by atoms with Crippen LogP contribution in [0, 0.1) is 0 Å². The summed E-state index contributed by atoms with van der Waals surface area (Å²) in [6, 6.07) is 0. The van der Waals surface area contributed by atoms with Crippen LogP contribution < -0.4 is 0 Å². The maximum absolute atomic E-state index is 8.39. The highest BCUT2D eigenvalue weighted by Gasteiger charge is 2.02. The van der Waals surface area contributed by atoms with Gasteiger partial charge in [-0.3, -0.25) is 0 Å². The van der Waals surface area contributed by atoms with Crippen LogP contribution in [-0.4, -0.2) is 87.8 Å². The first-order chi connectivity index (χ1) is 6.12. The Hall–Kier alpha value is 0.710. The van der Waals surface area contributed by atoms with Crippen LogP contribution >= 0.6 is 37.2 Å². The van der Waals surface area contributed by atoms with Crippen LogP contribution in [0.3, 0.4) is 0 Å². The molecule has 7 heteroatoms. The van der Waals surface area contributed by atoms with E-state index in [4.69, 9.17) is 10.2 Å². The fourth-order valence-corrected chi connectivity index (χ4v) is 0.600. The minimum Gasteiger partial charge on any atom is -0.391 e. The summed E-state index contributed by atoms with van der Waals surface area (Å²) in [4.78, 5) is 0. The molecule has 0 heterocycles. The topological polar surface area (TPSA) is 40.5 Å². The quantitative estimate of drug-likeness (QED) is 0.747. The van der Waals surface area contributed by atoms with E-state index in [9.17, 15) is 0 Å². The average Bonchev–Trinajstić information content (AvgIpc) is 1.81. The molecule has 0 spiro atoms. The van der Waals surface area contributed by atoms with Crippen LogP contribution in [0.5, 0.6) is 0 Å². The lowest BCUT2D eigenvalue weighted by molar-refractivity contribution is -0.870. The molecule has 112 valence electrons. The minimum atomic E-state index is 0. The molecule has 0 unspecified atom stereocenters. The first kappa shape index (κ1) is 30.6. The lowest BCUT2D eigenvalue weighted by Crippen LogP contribution is -2.36. The Kier molecular flexibility index (Phi) is 26.6. The monoisotopic (exact) mass is 316 g/mol. The Bertz CT molecular complexity index is 120. The standard InChI is InChI=1S/2C5H14NO.3ClH/c2*1-6(2,3)4-5-7;;;/h2*7H,4-5H2,1-3H3;3*1H/q2*+1;;;. The number of hydrogen-bond acceptors (Lipinski definition) is 2. The van der Waals surface area contributed by atoms with E-state index in [-0.39, 0.29) is 50.4 Å². The Morgan fingerprint density at radius 2 is 0.765 bits per heavy atom. The maximum atomic E-state index is 8.39. The molecule has 0 saturated carbocycles. The van der Waals surface area contributed by atoms with E-state index < -0.39 is 0 Å². The summed E-state index contributed by atoms with van der Waals surface area (Å²) >= 11 is 0. The molecule has 0 fully saturated rings. The average molecular weight is 318 g/mol. The van der Waals surface area contributed by atoms with Crippen molar-refractivity contribution in [3.05, 3.63) is 0 Å². The molecule has 0 rings (SSSR count). The summed E-state index contributed by atoms with van der Waals surface area (Å²) in [6.07, 6.45) is 0. The number of quaternary nitrogens is 2. The molecule has 0 bridgehead atoms. The molecule has 17 heavy (non-hydrogen) atoms. The van der Waals surface area contributed by atoms with Crippen LogP contribution in [0.15, 0.2) is 0 Å². The second kappa shape index (κ2) is 14.8. The third-order valence-electron chi connectivity index (χ3n) is 1.54. The number of hydrogen-bond donors (Lipinski definition) is 2. The zero-order chi connectivity index (χ0) is 11.8. The minimum absolute atomic E-state index is 0. The summed E-state index contributed by atoms with van der Waals surface area (Å²) in [5, 5.41) is 16.8. The van der Waals surface area contributed by atoms with E-state index in [1.165, 1.54) is 0 Å². The third-order valence-corrected chi connectivity index (χ3v) is 1.54. The Labute approximate surface area is 125 Å².